The van der Waals surface area contributed by atoms with Crippen molar-refractivity contribution < 1.29 is 28.7 Å². The summed E-state index contributed by atoms with van der Waals surface area (Å²) >= 11 is 0. The fraction of sp³-hybridized carbons (Fsp3) is 0.379. The lowest BCUT2D eigenvalue weighted by molar-refractivity contribution is -0.125. The Hall–Kier alpha value is -3.62. The van der Waals surface area contributed by atoms with Crippen molar-refractivity contribution in [3.63, 3.8) is 0 Å². The molecule has 8 heteroatoms. The quantitative estimate of drug-likeness (QED) is 0.424. The zero-order valence-electron chi connectivity index (χ0n) is 21.2. The Morgan fingerprint density at radius 3 is 1.95 bits per heavy atom. The standard InChI is InChI=1S/C29H30N2O6/c1-17-10-20(23-14-25(32)30(27(23)33)21-8-4-6-18(11-21)15-36-2)13-24-26(17)29(35)31(28(24)34)22-9-5-7-19(12-22)16-37-3/h4-12,20,23-24,26H,13-16H2,1-3H3/t20-,23-,24-,26+/m1/s1. The Labute approximate surface area is 215 Å². The molecule has 2 aliphatic heterocycles. The van der Waals surface area contributed by atoms with Crippen molar-refractivity contribution in [1.29, 1.82) is 0 Å². The van der Waals surface area contributed by atoms with Crippen molar-refractivity contribution in [3.05, 3.63) is 71.3 Å². The van der Waals surface area contributed by atoms with Crippen molar-refractivity contribution in [2.75, 3.05) is 24.0 Å². The second-order valence-electron chi connectivity index (χ2n) is 9.99. The van der Waals surface area contributed by atoms with Crippen LogP contribution in [0.2, 0.25) is 0 Å². The van der Waals surface area contributed by atoms with E-state index in [2.05, 4.69) is 0 Å². The van der Waals surface area contributed by atoms with Crippen molar-refractivity contribution in [2.24, 2.45) is 23.7 Å². The summed E-state index contributed by atoms with van der Waals surface area (Å²) in [6.07, 6.45) is 2.35. The van der Waals surface area contributed by atoms with Gasteiger partial charge in [-0.05, 0) is 54.7 Å². The third kappa shape index (κ3) is 4.40. The van der Waals surface area contributed by atoms with Crippen LogP contribution in [0.4, 0.5) is 11.4 Å². The van der Waals surface area contributed by atoms with Gasteiger partial charge in [0.25, 0.3) is 0 Å². The van der Waals surface area contributed by atoms with Crippen LogP contribution in [0.1, 0.15) is 30.9 Å². The van der Waals surface area contributed by atoms with Crippen LogP contribution in [0.25, 0.3) is 0 Å². The number of hydrogen-bond donors (Lipinski definition) is 0. The molecule has 2 fully saturated rings. The molecule has 1 aliphatic carbocycles. The van der Waals surface area contributed by atoms with E-state index in [0.29, 0.717) is 31.0 Å². The van der Waals surface area contributed by atoms with Gasteiger partial charge in [0.05, 0.1) is 42.3 Å². The molecule has 3 aliphatic rings. The fourth-order valence-electron chi connectivity index (χ4n) is 5.98. The Kier molecular flexibility index (Phi) is 6.79. The summed E-state index contributed by atoms with van der Waals surface area (Å²) in [6.45, 7) is 2.59. The van der Waals surface area contributed by atoms with E-state index in [1.807, 2.05) is 25.1 Å². The zero-order valence-corrected chi connectivity index (χ0v) is 21.2. The molecule has 0 spiro atoms. The number of anilines is 2. The number of rotatable bonds is 7. The van der Waals surface area contributed by atoms with Crippen LogP contribution in [0, 0.1) is 23.7 Å². The Balaban J connectivity index is 1.39. The Morgan fingerprint density at radius 2 is 1.35 bits per heavy atom. The summed E-state index contributed by atoms with van der Waals surface area (Å²) in [5, 5.41) is 0. The number of ether oxygens (including phenoxy) is 2. The summed E-state index contributed by atoms with van der Waals surface area (Å²) in [7, 11) is 3.18. The van der Waals surface area contributed by atoms with Gasteiger partial charge in [-0.15, -0.1) is 0 Å². The first kappa shape index (κ1) is 25.0. The number of carbonyl (C=O) groups is 4. The first-order valence-electron chi connectivity index (χ1n) is 12.4. The summed E-state index contributed by atoms with van der Waals surface area (Å²) in [4.78, 5) is 55.9. The van der Waals surface area contributed by atoms with E-state index in [1.54, 1.807) is 50.6 Å². The highest BCUT2D eigenvalue weighted by Gasteiger charge is 2.54. The van der Waals surface area contributed by atoms with Crippen LogP contribution in [-0.2, 0) is 41.9 Å². The van der Waals surface area contributed by atoms with Crippen LogP contribution in [0.5, 0.6) is 0 Å². The molecule has 0 bridgehead atoms. The minimum atomic E-state index is -0.573. The van der Waals surface area contributed by atoms with Crippen LogP contribution in [0.3, 0.4) is 0 Å². The van der Waals surface area contributed by atoms with E-state index in [9.17, 15) is 19.2 Å². The molecule has 2 aromatic carbocycles. The van der Waals surface area contributed by atoms with Gasteiger partial charge in [0.2, 0.25) is 23.6 Å². The van der Waals surface area contributed by atoms with Gasteiger partial charge in [-0.3, -0.25) is 24.1 Å². The maximum atomic E-state index is 13.5. The maximum absolute atomic E-state index is 13.5. The molecule has 0 radical (unpaired) electrons. The van der Waals surface area contributed by atoms with Crippen molar-refractivity contribution in [1.82, 2.24) is 0 Å². The van der Waals surface area contributed by atoms with Crippen molar-refractivity contribution in [3.8, 4) is 0 Å². The van der Waals surface area contributed by atoms with Gasteiger partial charge in [-0.25, -0.2) is 4.90 Å². The number of nitrogens with zero attached hydrogens (tertiary/aromatic N) is 2. The summed E-state index contributed by atoms with van der Waals surface area (Å²) in [5.41, 5.74) is 3.56. The number of fused-ring (bicyclic) bond motifs is 1. The zero-order chi connectivity index (χ0) is 26.3. The van der Waals surface area contributed by atoms with Gasteiger partial charge < -0.3 is 9.47 Å². The number of amides is 4. The normalized spacial score (nSPS) is 25.6. The molecule has 8 nitrogen and oxygen atoms in total. The SMILES string of the molecule is COCc1cccc(N2C(=O)[C@H]3C(C)=C[C@@H]([C@H]4CC(=O)N(c5cccc(COC)c5)C4=O)C[C@H]3C2=O)c1. The first-order valence-corrected chi connectivity index (χ1v) is 12.4. The lowest BCUT2D eigenvalue weighted by Gasteiger charge is -2.29. The summed E-state index contributed by atoms with van der Waals surface area (Å²) in [6, 6.07) is 14.4. The molecular weight excluding hydrogens is 472 g/mol. The van der Waals surface area contributed by atoms with Gasteiger partial charge in [-0.1, -0.05) is 35.9 Å². The molecule has 192 valence electrons. The lowest BCUT2D eigenvalue weighted by atomic mass is 9.71. The number of imide groups is 2. The molecule has 37 heavy (non-hydrogen) atoms. The molecule has 2 aromatic rings. The predicted octanol–water partition coefficient (Wildman–Crippen LogP) is 3.63. The third-order valence-corrected chi connectivity index (χ3v) is 7.58. The summed E-state index contributed by atoms with van der Waals surface area (Å²) < 4.78 is 10.4. The second kappa shape index (κ2) is 10.0. The van der Waals surface area contributed by atoms with E-state index in [-0.39, 0.29) is 36.0 Å². The van der Waals surface area contributed by atoms with E-state index in [1.165, 1.54) is 9.80 Å². The van der Waals surface area contributed by atoms with E-state index in [4.69, 9.17) is 9.47 Å². The highest BCUT2D eigenvalue weighted by Crippen LogP contribution is 2.46. The molecular formula is C29H30N2O6. The number of carbonyl (C=O) groups excluding carboxylic acids is 4. The van der Waals surface area contributed by atoms with E-state index >= 15 is 0 Å². The molecule has 2 heterocycles. The maximum Gasteiger partial charge on any atom is 0.241 e. The number of methoxy groups -OCH3 is 2. The smallest absolute Gasteiger partial charge is 0.241 e. The molecule has 0 saturated carbocycles. The third-order valence-electron chi connectivity index (χ3n) is 7.58. The van der Waals surface area contributed by atoms with E-state index in [0.717, 1.165) is 16.7 Å². The number of hydrogen-bond acceptors (Lipinski definition) is 6. The first-order chi connectivity index (χ1) is 17.8. The van der Waals surface area contributed by atoms with Crippen molar-refractivity contribution in [2.45, 2.75) is 33.0 Å². The van der Waals surface area contributed by atoms with E-state index < -0.39 is 17.8 Å². The lowest BCUT2D eigenvalue weighted by Crippen LogP contribution is -2.35. The average molecular weight is 503 g/mol. The topological polar surface area (TPSA) is 93.2 Å². The average Bonchev–Trinajstić information content (AvgIpc) is 3.31. The van der Waals surface area contributed by atoms with Gasteiger partial charge in [0.1, 0.15) is 0 Å². The molecule has 5 rings (SSSR count). The highest BCUT2D eigenvalue weighted by atomic mass is 16.5. The monoisotopic (exact) mass is 502 g/mol. The Bertz CT molecular complexity index is 1300. The minimum absolute atomic E-state index is 0.0735. The molecule has 0 N–H and O–H groups in total. The van der Waals surface area contributed by atoms with Crippen LogP contribution < -0.4 is 9.80 Å². The molecule has 0 unspecified atom stereocenters. The van der Waals surface area contributed by atoms with Crippen molar-refractivity contribution >= 4 is 35.0 Å². The number of allylic oxidation sites excluding steroid dienone is 1. The minimum Gasteiger partial charge on any atom is -0.380 e. The second-order valence-corrected chi connectivity index (χ2v) is 9.99. The highest BCUT2D eigenvalue weighted by molar-refractivity contribution is 6.23. The number of benzene rings is 2. The van der Waals surface area contributed by atoms with Crippen LogP contribution >= 0.6 is 0 Å². The van der Waals surface area contributed by atoms with Gasteiger partial charge in [0.15, 0.2) is 0 Å². The van der Waals surface area contributed by atoms with Crippen LogP contribution in [-0.4, -0.2) is 37.8 Å². The fourth-order valence-corrected chi connectivity index (χ4v) is 5.98. The molecule has 4 amide bonds. The Morgan fingerprint density at radius 1 is 0.784 bits per heavy atom. The largest absolute Gasteiger partial charge is 0.380 e. The predicted molar refractivity (Wildman–Crippen MR) is 136 cm³/mol. The van der Waals surface area contributed by atoms with Gasteiger partial charge in [0, 0.05) is 20.6 Å². The molecule has 2 saturated heterocycles. The van der Waals surface area contributed by atoms with Crippen LogP contribution in [0.15, 0.2) is 60.2 Å². The molecule has 4 atom stereocenters. The summed E-state index contributed by atoms with van der Waals surface area (Å²) in [5.74, 6) is -3.03. The van der Waals surface area contributed by atoms with Gasteiger partial charge >= 0.3 is 0 Å². The molecule has 0 aromatic heterocycles. The van der Waals surface area contributed by atoms with Gasteiger partial charge in [-0.2, -0.15) is 0 Å².